The van der Waals surface area contributed by atoms with Gasteiger partial charge in [0.25, 0.3) is 0 Å². The number of anilines is 1. The lowest BCUT2D eigenvalue weighted by Crippen LogP contribution is -2.47. The molecule has 31 heavy (non-hydrogen) atoms. The molecule has 0 aromatic carbocycles. The predicted molar refractivity (Wildman–Crippen MR) is 122 cm³/mol. The Labute approximate surface area is 184 Å². The van der Waals surface area contributed by atoms with Gasteiger partial charge in [0.1, 0.15) is 11.6 Å². The van der Waals surface area contributed by atoms with Gasteiger partial charge < -0.3 is 14.6 Å². The molecule has 2 saturated heterocycles. The fraction of sp³-hybridized carbons (Fsp3) is 0.391. The molecule has 1 N–H and O–H groups in total. The summed E-state index contributed by atoms with van der Waals surface area (Å²) in [6.45, 7) is 1.93. The molecule has 7 nitrogen and oxygen atoms in total. The van der Waals surface area contributed by atoms with Gasteiger partial charge in [0, 0.05) is 43.1 Å². The average molecular weight is 430 g/mol. The van der Waals surface area contributed by atoms with Gasteiger partial charge in [0.05, 0.1) is 27.8 Å². The fourth-order valence-corrected chi connectivity index (χ4v) is 6.08. The van der Waals surface area contributed by atoms with Crippen LogP contribution in [0, 0.1) is 18.3 Å². The minimum absolute atomic E-state index is 0.539. The standard InChI is InChI=1S/C23H23N7S/c1-13-11-30-12-15(5-14(9-24)22(30)26-13)19-8-21-20(10-25-19)28-23(31-21)29(2)18-6-16-3-4-17(7-18)27-16/h5,8,10-12,16-18,27H,3-4,6-7H2,1-2H3/t16-,17+,18?. The van der Waals surface area contributed by atoms with Crippen molar-refractivity contribution in [1.29, 1.82) is 5.26 Å². The molecule has 6 rings (SSSR count). The van der Waals surface area contributed by atoms with Crippen LogP contribution >= 0.6 is 11.3 Å². The lowest BCUT2D eigenvalue weighted by atomic mass is 9.99. The number of imidazole rings is 1. The molecule has 0 aliphatic carbocycles. The van der Waals surface area contributed by atoms with Crippen LogP contribution in [0.25, 0.3) is 27.1 Å². The molecule has 0 radical (unpaired) electrons. The molecule has 0 amide bonds. The molecule has 2 aliphatic rings. The molecule has 156 valence electrons. The number of nitrogens with zero attached hydrogens (tertiary/aromatic N) is 6. The quantitative estimate of drug-likeness (QED) is 0.532. The number of piperidine rings is 1. The van der Waals surface area contributed by atoms with Crippen molar-refractivity contribution in [3.05, 3.63) is 42.0 Å². The Morgan fingerprint density at radius 1 is 1.19 bits per heavy atom. The van der Waals surface area contributed by atoms with Gasteiger partial charge in [-0.05, 0) is 44.7 Å². The van der Waals surface area contributed by atoms with E-state index in [9.17, 15) is 5.26 Å². The highest BCUT2D eigenvalue weighted by atomic mass is 32.1. The molecule has 1 unspecified atom stereocenters. The Morgan fingerprint density at radius 2 is 2.00 bits per heavy atom. The average Bonchev–Trinajstić information content (AvgIpc) is 3.46. The largest absolute Gasteiger partial charge is 0.348 e. The predicted octanol–water partition coefficient (Wildman–Crippen LogP) is 3.91. The van der Waals surface area contributed by atoms with Crippen molar-refractivity contribution in [3.63, 3.8) is 0 Å². The van der Waals surface area contributed by atoms with E-state index in [1.54, 1.807) is 11.3 Å². The monoisotopic (exact) mass is 429 g/mol. The van der Waals surface area contributed by atoms with E-state index in [1.165, 1.54) is 25.7 Å². The van der Waals surface area contributed by atoms with Gasteiger partial charge in [-0.15, -0.1) is 0 Å². The van der Waals surface area contributed by atoms with E-state index in [1.807, 2.05) is 36.0 Å². The summed E-state index contributed by atoms with van der Waals surface area (Å²) in [5.41, 5.74) is 4.79. The van der Waals surface area contributed by atoms with Crippen LogP contribution in [0.1, 0.15) is 36.9 Å². The zero-order chi connectivity index (χ0) is 21.1. The van der Waals surface area contributed by atoms with Crippen molar-refractivity contribution in [2.45, 2.75) is 50.7 Å². The number of rotatable bonds is 3. The van der Waals surface area contributed by atoms with E-state index in [2.05, 4.69) is 39.4 Å². The molecule has 2 fully saturated rings. The maximum atomic E-state index is 9.58. The van der Waals surface area contributed by atoms with Gasteiger partial charge in [-0.25, -0.2) is 9.97 Å². The van der Waals surface area contributed by atoms with Crippen molar-refractivity contribution in [2.75, 3.05) is 11.9 Å². The van der Waals surface area contributed by atoms with Gasteiger partial charge >= 0.3 is 0 Å². The zero-order valence-electron chi connectivity index (χ0n) is 17.5. The first-order chi connectivity index (χ1) is 15.1. The first-order valence-electron chi connectivity index (χ1n) is 10.7. The molecule has 6 heterocycles. The van der Waals surface area contributed by atoms with Crippen molar-refractivity contribution < 1.29 is 0 Å². The second kappa shape index (κ2) is 7.01. The highest BCUT2D eigenvalue weighted by Crippen LogP contribution is 2.36. The molecule has 4 aromatic heterocycles. The minimum atomic E-state index is 0.539. The summed E-state index contributed by atoms with van der Waals surface area (Å²) in [7, 11) is 2.18. The molecule has 0 spiro atoms. The minimum Gasteiger partial charge on any atom is -0.348 e. The highest BCUT2D eigenvalue weighted by molar-refractivity contribution is 7.22. The topological polar surface area (TPSA) is 82.1 Å². The summed E-state index contributed by atoms with van der Waals surface area (Å²) in [5.74, 6) is 0. The number of hydrogen-bond donors (Lipinski definition) is 1. The van der Waals surface area contributed by atoms with Gasteiger partial charge in [-0.1, -0.05) is 11.3 Å². The second-order valence-electron chi connectivity index (χ2n) is 8.78. The third kappa shape index (κ3) is 3.16. The lowest BCUT2D eigenvalue weighted by molar-refractivity contribution is 0.354. The molecular formula is C23H23N7S. The van der Waals surface area contributed by atoms with E-state index >= 15 is 0 Å². The highest BCUT2D eigenvalue weighted by Gasteiger charge is 2.35. The lowest BCUT2D eigenvalue weighted by Gasteiger charge is -2.35. The molecular weight excluding hydrogens is 406 g/mol. The van der Waals surface area contributed by atoms with E-state index in [4.69, 9.17) is 4.98 Å². The number of aromatic nitrogens is 4. The van der Waals surface area contributed by atoms with E-state index in [0.29, 0.717) is 29.3 Å². The Kier molecular flexibility index (Phi) is 4.23. The molecule has 4 aromatic rings. The molecule has 2 aliphatic heterocycles. The number of thiazole rings is 1. The Hall–Kier alpha value is -3.02. The summed E-state index contributed by atoms with van der Waals surface area (Å²) >= 11 is 1.72. The Morgan fingerprint density at radius 3 is 2.77 bits per heavy atom. The van der Waals surface area contributed by atoms with Crippen LogP contribution in [0.4, 0.5) is 5.13 Å². The SMILES string of the molecule is Cc1cn2cc(-c3cc4sc(N(C)C5C[C@H]6CC[C@@H](C5)N6)nc4cn3)cc(C#N)c2n1. The van der Waals surface area contributed by atoms with Crippen molar-refractivity contribution in [1.82, 2.24) is 24.7 Å². The normalized spacial score (nSPS) is 22.8. The van der Waals surface area contributed by atoms with E-state index < -0.39 is 0 Å². The van der Waals surface area contributed by atoms with Gasteiger partial charge in [-0.2, -0.15) is 5.26 Å². The van der Waals surface area contributed by atoms with Gasteiger partial charge in [0.2, 0.25) is 0 Å². The molecule has 0 saturated carbocycles. The first kappa shape index (κ1) is 18.7. The van der Waals surface area contributed by atoms with Gasteiger partial charge in [-0.3, -0.25) is 4.98 Å². The van der Waals surface area contributed by atoms with Crippen LogP contribution in [-0.4, -0.2) is 44.5 Å². The van der Waals surface area contributed by atoms with E-state index in [0.717, 1.165) is 32.3 Å². The first-order valence-corrected chi connectivity index (χ1v) is 11.5. The number of nitriles is 1. The summed E-state index contributed by atoms with van der Waals surface area (Å²) in [4.78, 5) is 16.4. The van der Waals surface area contributed by atoms with Crippen LogP contribution in [0.5, 0.6) is 0 Å². The maximum absolute atomic E-state index is 9.58. The molecule has 2 bridgehead atoms. The second-order valence-corrected chi connectivity index (χ2v) is 9.78. The van der Waals surface area contributed by atoms with Crippen LogP contribution in [-0.2, 0) is 0 Å². The fourth-order valence-electron chi connectivity index (χ4n) is 5.07. The maximum Gasteiger partial charge on any atom is 0.186 e. The Balaban J connectivity index is 1.35. The van der Waals surface area contributed by atoms with Crippen LogP contribution in [0.15, 0.2) is 30.7 Å². The molecule has 8 heteroatoms. The number of nitrogens with one attached hydrogen (secondary N) is 1. The third-order valence-electron chi connectivity index (χ3n) is 6.65. The number of pyridine rings is 2. The van der Waals surface area contributed by atoms with E-state index in [-0.39, 0.29) is 0 Å². The smallest absolute Gasteiger partial charge is 0.186 e. The zero-order valence-corrected chi connectivity index (χ0v) is 18.4. The number of aryl methyl sites for hydroxylation is 1. The van der Waals surface area contributed by atoms with Gasteiger partial charge in [0.15, 0.2) is 10.8 Å². The van der Waals surface area contributed by atoms with Crippen molar-refractivity contribution in [3.8, 4) is 17.3 Å². The van der Waals surface area contributed by atoms with Crippen LogP contribution < -0.4 is 10.2 Å². The third-order valence-corrected chi connectivity index (χ3v) is 7.76. The summed E-state index contributed by atoms with van der Waals surface area (Å²) < 4.78 is 3.02. The van der Waals surface area contributed by atoms with Crippen molar-refractivity contribution >= 4 is 32.3 Å². The number of hydrogen-bond acceptors (Lipinski definition) is 7. The number of fused-ring (bicyclic) bond motifs is 4. The van der Waals surface area contributed by atoms with Crippen LogP contribution in [0.2, 0.25) is 0 Å². The van der Waals surface area contributed by atoms with Crippen molar-refractivity contribution in [2.24, 2.45) is 0 Å². The van der Waals surface area contributed by atoms with Crippen LogP contribution in [0.3, 0.4) is 0 Å². The summed E-state index contributed by atoms with van der Waals surface area (Å²) in [6.07, 6.45) is 10.7. The Bertz CT molecular complexity index is 1340. The summed E-state index contributed by atoms with van der Waals surface area (Å²) in [6, 6.07) is 8.07. The summed E-state index contributed by atoms with van der Waals surface area (Å²) in [5, 5.41) is 14.3. The molecule has 3 atom stereocenters.